The fourth-order valence-electron chi connectivity index (χ4n) is 2.61. The third-order valence-electron chi connectivity index (χ3n) is 3.50. The summed E-state index contributed by atoms with van der Waals surface area (Å²) in [5, 5.41) is 2.76. The van der Waals surface area contributed by atoms with E-state index in [-0.39, 0.29) is 6.10 Å². The van der Waals surface area contributed by atoms with E-state index in [1.54, 1.807) is 20.8 Å². The number of urea groups is 1. The van der Waals surface area contributed by atoms with E-state index < -0.39 is 24.0 Å². The van der Waals surface area contributed by atoms with Crippen LogP contribution in [0.4, 0.5) is 4.79 Å². The van der Waals surface area contributed by atoms with Crippen LogP contribution < -0.4 is 10.1 Å². The second-order valence-corrected chi connectivity index (χ2v) is 5.61. The van der Waals surface area contributed by atoms with Gasteiger partial charge in [0, 0.05) is 11.3 Å². The molecule has 0 radical (unpaired) electrons. The fraction of sp³-hybridized carbons (Fsp3) is 0.471. The Hall–Kier alpha value is -2.37. The number of amides is 2. The summed E-state index contributed by atoms with van der Waals surface area (Å²) in [6.45, 7) is 7.62. The number of rotatable bonds is 5. The minimum atomic E-state index is -0.670. The number of carbonyl (C=O) groups excluding carboxylic acids is 2. The second-order valence-electron chi connectivity index (χ2n) is 5.61. The topological polar surface area (TPSA) is 77.0 Å². The van der Waals surface area contributed by atoms with Crippen LogP contribution in [0.2, 0.25) is 0 Å². The Kier molecular flexibility index (Phi) is 5.36. The number of nitrogens with zero attached hydrogens (tertiary/aromatic N) is 1. The van der Waals surface area contributed by atoms with Gasteiger partial charge in [-0.05, 0) is 33.8 Å². The summed E-state index contributed by atoms with van der Waals surface area (Å²) >= 11 is 0. The Labute approximate surface area is 135 Å². The summed E-state index contributed by atoms with van der Waals surface area (Å²) in [5.74, 6) is -0.438. The fourth-order valence-corrected chi connectivity index (χ4v) is 2.61. The SMILES string of the molecule is CCOc1ccccc1C1NC(=O)N=C(C)C1C(=O)OC(C)C. The first-order chi connectivity index (χ1) is 10.9. The zero-order chi connectivity index (χ0) is 17.0. The number of nitrogens with one attached hydrogen (secondary N) is 1. The molecule has 0 aliphatic carbocycles. The van der Waals surface area contributed by atoms with Gasteiger partial charge in [0.25, 0.3) is 0 Å². The van der Waals surface area contributed by atoms with Gasteiger partial charge in [-0.25, -0.2) is 9.79 Å². The number of hydrogen-bond donors (Lipinski definition) is 1. The summed E-state index contributed by atoms with van der Waals surface area (Å²) in [6, 6.07) is 6.32. The number of benzene rings is 1. The van der Waals surface area contributed by atoms with Gasteiger partial charge in [0.1, 0.15) is 11.7 Å². The lowest BCUT2D eigenvalue weighted by molar-refractivity contribution is -0.150. The Morgan fingerprint density at radius 1 is 1.35 bits per heavy atom. The van der Waals surface area contributed by atoms with Crippen molar-refractivity contribution in [2.75, 3.05) is 6.61 Å². The summed E-state index contributed by atoms with van der Waals surface area (Å²) in [4.78, 5) is 28.2. The molecule has 6 heteroatoms. The van der Waals surface area contributed by atoms with Crippen molar-refractivity contribution < 1.29 is 19.1 Å². The van der Waals surface area contributed by atoms with Crippen LogP contribution in [0.25, 0.3) is 0 Å². The average molecular weight is 318 g/mol. The van der Waals surface area contributed by atoms with Gasteiger partial charge in [0.2, 0.25) is 0 Å². The molecule has 2 unspecified atom stereocenters. The first kappa shape index (κ1) is 17.0. The molecule has 2 rings (SSSR count). The average Bonchev–Trinajstić information content (AvgIpc) is 2.46. The van der Waals surface area contributed by atoms with Gasteiger partial charge >= 0.3 is 12.0 Å². The maximum absolute atomic E-state index is 12.5. The maximum atomic E-state index is 12.5. The Balaban J connectivity index is 2.43. The molecule has 0 spiro atoms. The van der Waals surface area contributed by atoms with Crippen molar-refractivity contribution >= 4 is 17.7 Å². The predicted octanol–water partition coefficient (Wildman–Crippen LogP) is 2.88. The molecule has 124 valence electrons. The van der Waals surface area contributed by atoms with Crippen LogP contribution in [0.15, 0.2) is 29.3 Å². The van der Waals surface area contributed by atoms with E-state index >= 15 is 0 Å². The molecule has 0 saturated carbocycles. The molecular formula is C17H22N2O4. The minimum Gasteiger partial charge on any atom is -0.494 e. The molecule has 2 amide bonds. The normalized spacial score (nSPS) is 20.7. The number of aliphatic imine (C=N–C) groups is 1. The number of carbonyl (C=O) groups is 2. The molecule has 1 aliphatic rings. The van der Waals surface area contributed by atoms with Gasteiger partial charge in [-0.3, -0.25) is 4.79 Å². The molecule has 2 atom stereocenters. The smallest absolute Gasteiger partial charge is 0.341 e. The second kappa shape index (κ2) is 7.26. The lowest BCUT2D eigenvalue weighted by Gasteiger charge is -2.31. The van der Waals surface area contributed by atoms with Gasteiger partial charge in [-0.2, -0.15) is 0 Å². The summed E-state index contributed by atoms with van der Waals surface area (Å²) < 4.78 is 11.0. The number of hydrogen-bond acceptors (Lipinski definition) is 4. The molecule has 1 aromatic carbocycles. The molecule has 0 saturated heterocycles. The quantitative estimate of drug-likeness (QED) is 0.847. The molecule has 0 bridgehead atoms. The van der Waals surface area contributed by atoms with Crippen LogP contribution in [0, 0.1) is 5.92 Å². The Morgan fingerprint density at radius 2 is 2.04 bits per heavy atom. The van der Waals surface area contributed by atoms with E-state index in [1.807, 2.05) is 31.2 Å². The van der Waals surface area contributed by atoms with Gasteiger partial charge in [-0.15, -0.1) is 0 Å². The molecule has 6 nitrogen and oxygen atoms in total. The first-order valence-corrected chi connectivity index (χ1v) is 7.72. The minimum absolute atomic E-state index is 0.240. The molecule has 0 aromatic heterocycles. The van der Waals surface area contributed by atoms with E-state index in [2.05, 4.69) is 10.3 Å². The van der Waals surface area contributed by atoms with Gasteiger partial charge in [0.15, 0.2) is 0 Å². The first-order valence-electron chi connectivity index (χ1n) is 7.72. The molecule has 1 aromatic rings. The monoisotopic (exact) mass is 318 g/mol. The summed E-state index contributed by atoms with van der Waals surface area (Å²) in [7, 11) is 0. The largest absolute Gasteiger partial charge is 0.494 e. The Morgan fingerprint density at radius 3 is 2.70 bits per heavy atom. The standard InChI is InChI=1S/C17H22N2O4/c1-5-22-13-9-7-6-8-12(13)15-14(16(20)23-10(2)3)11(4)18-17(21)19-15/h6-10,14-15H,5H2,1-4H3,(H,19,21). The van der Waals surface area contributed by atoms with Crippen molar-refractivity contribution in [2.45, 2.75) is 39.8 Å². The van der Waals surface area contributed by atoms with Crippen molar-refractivity contribution in [3.63, 3.8) is 0 Å². The van der Waals surface area contributed by atoms with Crippen molar-refractivity contribution in [1.29, 1.82) is 0 Å². The van der Waals surface area contributed by atoms with Crippen LogP contribution >= 0.6 is 0 Å². The van der Waals surface area contributed by atoms with E-state index in [9.17, 15) is 9.59 Å². The van der Waals surface area contributed by atoms with Crippen molar-refractivity contribution in [3.05, 3.63) is 29.8 Å². The van der Waals surface area contributed by atoms with E-state index in [1.165, 1.54) is 0 Å². The van der Waals surface area contributed by atoms with Crippen LogP contribution in [0.1, 0.15) is 39.3 Å². The molecular weight excluding hydrogens is 296 g/mol. The number of ether oxygens (including phenoxy) is 2. The molecule has 1 N–H and O–H groups in total. The van der Waals surface area contributed by atoms with Crippen molar-refractivity contribution in [2.24, 2.45) is 10.9 Å². The van der Waals surface area contributed by atoms with Crippen LogP contribution in [0.5, 0.6) is 5.75 Å². The number of para-hydroxylation sites is 1. The highest BCUT2D eigenvalue weighted by Gasteiger charge is 2.39. The van der Waals surface area contributed by atoms with E-state index in [0.29, 0.717) is 18.1 Å². The molecule has 1 heterocycles. The van der Waals surface area contributed by atoms with Crippen molar-refractivity contribution in [1.82, 2.24) is 5.32 Å². The maximum Gasteiger partial charge on any atom is 0.341 e. The van der Waals surface area contributed by atoms with Gasteiger partial charge in [0.05, 0.1) is 18.8 Å². The summed E-state index contributed by atoms with van der Waals surface area (Å²) in [6.07, 6.45) is -0.240. The molecule has 1 aliphatic heterocycles. The van der Waals surface area contributed by atoms with Crippen molar-refractivity contribution in [3.8, 4) is 5.75 Å². The Bertz CT molecular complexity index is 625. The lowest BCUT2D eigenvalue weighted by Crippen LogP contribution is -2.44. The zero-order valence-electron chi connectivity index (χ0n) is 13.8. The highest BCUT2D eigenvalue weighted by atomic mass is 16.5. The van der Waals surface area contributed by atoms with Crippen LogP contribution in [-0.2, 0) is 9.53 Å². The predicted molar refractivity (Wildman–Crippen MR) is 86.7 cm³/mol. The lowest BCUT2D eigenvalue weighted by atomic mass is 9.87. The molecule has 0 fully saturated rings. The highest BCUT2D eigenvalue weighted by molar-refractivity contribution is 6.08. The third-order valence-corrected chi connectivity index (χ3v) is 3.50. The van der Waals surface area contributed by atoms with Gasteiger partial charge in [-0.1, -0.05) is 18.2 Å². The van der Waals surface area contributed by atoms with E-state index in [0.717, 1.165) is 5.56 Å². The number of esters is 1. The van der Waals surface area contributed by atoms with Gasteiger partial charge < -0.3 is 14.8 Å². The van der Waals surface area contributed by atoms with Crippen LogP contribution in [-0.4, -0.2) is 30.4 Å². The molecule has 23 heavy (non-hydrogen) atoms. The van der Waals surface area contributed by atoms with Crippen LogP contribution in [0.3, 0.4) is 0 Å². The van der Waals surface area contributed by atoms with E-state index in [4.69, 9.17) is 9.47 Å². The summed E-state index contributed by atoms with van der Waals surface area (Å²) in [5.41, 5.74) is 1.18. The zero-order valence-corrected chi connectivity index (χ0v) is 13.8. The third kappa shape index (κ3) is 3.88. The highest BCUT2D eigenvalue weighted by Crippen LogP contribution is 2.34.